The Balaban J connectivity index is 0.00000700. The molecule has 6 aromatic rings. The zero-order valence-corrected chi connectivity index (χ0v) is 30.9. The van der Waals surface area contributed by atoms with Crippen molar-refractivity contribution in [1.82, 2.24) is 0 Å². The number of hydrogen-bond donors (Lipinski definition) is 0. The topological polar surface area (TPSA) is 0 Å². The molecule has 0 saturated carbocycles. The molecule has 0 bridgehead atoms. The summed E-state index contributed by atoms with van der Waals surface area (Å²) in [7, 11) is 0. The minimum atomic E-state index is -7.70. The van der Waals surface area contributed by atoms with E-state index in [0.717, 1.165) is 54.6 Å². The van der Waals surface area contributed by atoms with Gasteiger partial charge in [0, 0.05) is 5.41 Å². The van der Waals surface area contributed by atoms with Crippen molar-refractivity contribution in [3.63, 3.8) is 0 Å². The molecule has 2 unspecified atom stereocenters. The smallest absolute Gasteiger partial charge is 0.242 e. The largest absolute Gasteiger partial charge is 1.00 e. The molecule has 0 saturated heterocycles. The Bertz CT molecular complexity index is 2610. The minimum absolute atomic E-state index is 0. The van der Waals surface area contributed by atoms with Gasteiger partial charge in [-0.3, -0.25) is 0 Å². The molecule has 0 radical (unpaired) electrons. The zero-order valence-electron chi connectivity index (χ0n) is 31.9. The summed E-state index contributed by atoms with van der Waals surface area (Å²) in [5, 5.41) is -5.80. The van der Waals surface area contributed by atoms with Crippen LogP contribution in [0.2, 0.25) is 5.31 Å². The third-order valence-electron chi connectivity index (χ3n) is 11.5. The van der Waals surface area contributed by atoms with E-state index >= 15 is 87.8 Å². The highest BCUT2D eigenvalue weighted by molar-refractivity contribution is 7.14. The first kappa shape index (κ1) is 45.5. The Kier molecular flexibility index (Phi) is 11.3. The predicted molar refractivity (Wildman–Crippen MR) is 190 cm³/mol. The summed E-state index contributed by atoms with van der Waals surface area (Å²) in [5.41, 5.74) is -18.3. The third kappa shape index (κ3) is 5.60. The second-order valence-electron chi connectivity index (χ2n) is 14.2. The maximum Gasteiger partial charge on any atom is 1.00 e. The molecule has 0 aliphatic heterocycles. The van der Waals surface area contributed by atoms with Crippen LogP contribution in [-0.2, 0) is 5.41 Å². The van der Waals surface area contributed by atoms with Gasteiger partial charge in [0.05, 0.1) is 0 Å². The monoisotopic (exact) mass is 924 g/mol. The van der Waals surface area contributed by atoms with Crippen LogP contribution in [0.4, 0.5) is 87.8 Å². The molecule has 0 amide bonds. The van der Waals surface area contributed by atoms with E-state index in [2.05, 4.69) is 0 Å². The van der Waals surface area contributed by atoms with Crippen LogP contribution in [0.3, 0.4) is 0 Å². The van der Waals surface area contributed by atoms with Crippen molar-refractivity contribution in [2.24, 2.45) is 0 Å². The van der Waals surface area contributed by atoms with E-state index < -0.39 is 167 Å². The Hall–Kier alpha value is -6.54. The molecule has 7 rings (SSSR count). The molecule has 64 heavy (non-hydrogen) atoms. The SMILES string of the molecule is FC1=C(F)C(F)C([B-](c2c(F)c(F)c(F)c(F)c2F)(c2c(F)c(F)c(F)c(F)c2F)c2c(F)c(F)c(F)c(F)c2F)(C(c2ccccc2)(c2ccccc2)c2ccccc2)C(F)=C1F.[H+]. The third-order valence-corrected chi connectivity index (χ3v) is 11.5. The van der Waals surface area contributed by atoms with E-state index in [1.54, 1.807) is 0 Å². The van der Waals surface area contributed by atoms with Gasteiger partial charge in [-0.25, -0.2) is 87.8 Å². The van der Waals surface area contributed by atoms with Crippen molar-refractivity contribution in [1.29, 1.82) is 0 Å². The fourth-order valence-electron chi connectivity index (χ4n) is 9.30. The summed E-state index contributed by atoms with van der Waals surface area (Å²) in [4.78, 5) is 0. The summed E-state index contributed by atoms with van der Waals surface area (Å²) in [6.07, 6.45) is -12.8. The Labute approximate surface area is 346 Å². The number of halogens is 20. The number of benzene rings is 6. The van der Waals surface area contributed by atoms with Gasteiger partial charge in [0.25, 0.3) is 0 Å². The summed E-state index contributed by atoms with van der Waals surface area (Å²) in [6.45, 7) is 0. The van der Waals surface area contributed by atoms with Crippen LogP contribution >= 0.6 is 0 Å². The minimum Gasteiger partial charge on any atom is -0.242 e. The quantitative estimate of drug-likeness (QED) is 0.0469. The van der Waals surface area contributed by atoms with Crippen LogP contribution < -0.4 is 16.4 Å². The van der Waals surface area contributed by atoms with Crippen molar-refractivity contribution >= 4 is 22.5 Å². The van der Waals surface area contributed by atoms with Crippen LogP contribution in [0, 0.1) is 87.3 Å². The number of rotatable bonds is 8. The van der Waals surface area contributed by atoms with Crippen molar-refractivity contribution in [2.45, 2.75) is 16.9 Å². The molecule has 0 spiro atoms. The first-order valence-corrected chi connectivity index (χ1v) is 17.8. The lowest BCUT2D eigenvalue weighted by atomic mass is 9.01. The molecule has 332 valence electrons. The van der Waals surface area contributed by atoms with Crippen LogP contribution in [-0.4, -0.2) is 12.3 Å². The van der Waals surface area contributed by atoms with Crippen LogP contribution in [0.25, 0.3) is 0 Å². The maximum atomic E-state index is 18.7. The van der Waals surface area contributed by atoms with Gasteiger partial charge in [-0.15, -0.1) is 16.4 Å². The van der Waals surface area contributed by atoms with Gasteiger partial charge >= 0.3 is 1.43 Å². The summed E-state index contributed by atoms with van der Waals surface area (Å²) < 4.78 is 330. The molecule has 0 aromatic heterocycles. The number of alkyl halides is 1. The Morgan fingerprint density at radius 1 is 0.344 bits per heavy atom. The van der Waals surface area contributed by atoms with Crippen molar-refractivity contribution < 1.29 is 89.2 Å². The second kappa shape index (κ2) is 15.9. The molecule has 0 heterocycles. The molecule has 0 N–H and O–H groups in total. The van der Waals surface area contributed by atoms with E-state index in [0.29, 0.717) is 36.4 Å². The fraction of sp³-hybridized carbons (Fsp3) is 0.0698. The van der Waals surface area contributed by atoms with Crippen LogP contribution in [0.5, 0.6) is 0 Å². The van der Waals surface area contributed by atoms with Gasteiger partial charge in [-0.2, -0.15) is 0 Å². The molecule has 0 fully saturated rings. The van der Waals surface area contributed by atoms with Gasteiger partial charge in [-0.05, 0) is 22.0 Å². The zero-order chi connectivity index (χ0) is 47.1. The molecule has 6 aromatic carbocycles. The highest BCUT2D eigenvalue weighted by Gasteiger charge is 2.74. The lowest BCUT2D eigenvalue weighted by Gasteiger charge is -2.67. The predicted octanol–water partition coefficient (Wildman–Crippen LogP) is 11.8. The summed E-state index contributed by atoms with van der Waals surface area (Å²) in [6, 6.07) is 11.8. The van der Waals surface area contributed by atoms with Gasteiger partial charge in [0.2, 0.25) is 0 Å². The van der Waals surface area contributed by atoms with Crippen LogP contribution in [0.1, 0.15) is 18.1 Å². The lowest BCUT2D eigenvalue weighted by molar-refractivity contribution is 0.172. The van der Waals surface area contributed by atoms with Crippen molar-refractivity contribution in [3.8, 4) is 0 Å². The first-order chi connectivity index (χ1) is 30.1. The molecule has 1 aliphatic rings. The second-order valence-corrected chi connectivity index (χ2v) is 14.2. The summed E-state index contributed by atoms with van der Waals surface area (Å²) in [5.74, 6) is -68.1. The fourth-order valence-corrected chi connectivity index (χ4v) is 9.30. The number of allylic oxidation sites excluding steroid dienone is 4. The molecule has 2 atom stereocenters. The van der Waals surface area contributed by atoms with E-state index in [1.807, 2.05) is 0 Å². The highest BCUT2D eigenvalue weighted by Crippen LogP contribution is 2.71. The van der Waals surface area contributed by atoms with E-state index in [-0.39, 0.29) is 1.43 Å². The Morgan fingerprint density at radius 3 is 0.828 bits per heavy atom. The van der Waals surface area contributed by atoms with Crippen molar-refractivity contribution in [2.75, 3.05) is 0 Å². The van der Waals surface area contributed by atoms with E-state index in [4.69, 9.17) is 0 Å². The lowest BCUT2D eigenvalue weighted by Crippen LogP contribution is -2.84. The van der Waals surface area contributed by atoms with Gasteiger partial charge < -0.3 is 0 Å². The van der Waals surface area contributed by atoms with Gasteiger partial charge in [0.15, 0.2) is 69.8 Å². The van der Waals surface area contributed by atoms with Gasteiger partial charge in [0.1, 0.15) is 53.0 Å². The van der Waals surface area contributed by atoms with Crippen molar-refractivity contribution in [3.05, 3.63) is 218 Å². The van der Waals surface area contributed by atoms with E-state index in [9.17, 15) is 0 Å². The number of hydrogen-bond acceptors (Lipinski definition) is 0. The molecule has 1 aliphatic carbocycles. The van der Waals surface area contributed by atoms with Crippen LogP contribution in [0.15, 0.2) is 114 Å². The Morgan fingerprint density at radius 2 is 0.578 bits per heavy atom. The van der Waals surface area contributed by atoms with Gasteiger partial charge in [-0.1, -0.05) is 91.0 Å². The average Bonchev–Trinajstić information content (AvgIpc) is 3.31. The standard InChI is InChI=1S/C43H16BF20/c45-22-19(23(46)29(52)34(57)28(22)51)44(20-24(47)30(53)35(58)31(54)25(20)48,21-26(49)32(55)36(59)33(56)27(21)50)43(40(63)38(61)37(60)39(62)41(43)64)42(16-10-4-1-5-11-16,17-12-6-2-7-13-17)18-14-8-3-9-15-18/h1-15,40H/q-1/p+1. The molecule has 0 nitrogen and oxygen atoms in total. The highest BCUT2D eigenvalue weighted by atomic mass is 19.2. The normalized spacial score (nSPS) is 17.2. The van der Waals surface area contributed by atoms with E-state index in [1.165, 1.54) is 0 Å². The average molecular weight is 924 g/mol. The summed E-state index contributed by atoms with van der Waals surface area (Å²) >= 11 is 0. The molecular weight excluding hydrogens is 907 g/mol. The molecular formula is C43H17BF20. The first-order valence-electron chi connectivity index (χ1n) is 17.8. The molecule has 21 heteroatoms. The maximum absolute atomic E-state index is 18.7.